The quantitative estimate of drug-likeness (QED) is 0.628. The van der Waals surface area contributed by atoms with E-state index in [0.29, 0.717) is 26.3 Å². The molecular weight excluding hydrogens is 196 g/mol. The maximum Gasteiger partial charge on any atom is 0.230 e. The Morgan fingerprint density at radius 2 is 2.33 bits per heavy atom. The number of ether oxygens (including phenoxy) is 1. The summed E-state index contributed by atoms with van der Waals surface area (Å²) in [6.45, 7) is 1.95. The predicted molar refractivity (Wildman–Crippen MR) is 54.1 cm³/mol. The summed E-state index contributed by atoms with van der Waals surface area (Å²) in [6.07, 6.45) is 1.77. The van der Waals surface area contributed by atoms with E-state index in [1.54, 1.807) is 4.90 Å². The zero-order valence-corrected chi connectivity index (χ0v) is 8.82. The van der Waals surface area contributed by atoms with Crippen LogP contribution in [0.3, 0.4) is 0 Å². The lowest BCUT2D eigenvalue weighted by Gasteiger charge is -2.36. The van der Waals surface area contributed by atoms with Gasteiger partial charge >= 0.3 is 0 Å². The third-order valence-electron chi connectivity index (χ3n) is 3.40. The number of hydrogen-bond donors (Lipinski definition) is 2. The van der Waals surface area contributed by atoms with Crippen molar-refractivity contribution in [3.8, 4) is 0 Å². The second-order valence-corrected chi connectivity index (χ2v) is 4.39. The van der Waals surface area contributed by atoms with Gasteiger partial charge in [-0.2, -0.15) is 0 Å². The molecule has 2 aliphatic rings. The van der Waals surface area contributed by atoms with Crippen molar-refractivity contribution in [2.75, 3.05) is 32.9 Å². The molecular formula is C10H18N2O3. The van der Waals surface area contributed by atoms with Crippen LogP contribution in [0.5, 0.6) is 0 Å². The van der Waals surface area contributed by atoms with E-state index in [2.05, 4.69) is 0 Å². The van der Waals surface area contributed by atoms with Gasteiger partial charge in [0.25, 0.3) is 0 Å². The summed E-state index contributed by atoms with van der Waals surface area (Å²) in [5.41, 5.74) is 5.31. The molecule has 0 radical (unpaired) electrons. The van der Waals surface area contributed by atoms with E-state index in [1.807, 2.05) is 0 Å². The van der Waals surface area contributed by atoms with Crippen molar-refractivity contribution in [1.29, 1.82) is 0 Å². The van der Waals surface area contributed by atoms with Crippen LogP contribution < -0.4 is 5.73 Å². The molecule has 0 aromatic carbocycles. The van der Waals surface area contributed by atoms with Gasteiger partial charge < -0.3 is 20.5 Å². The minimum absolute atomic E-state index is 0.0353. The van der Waals surface area contributed by atoms with Crippen LogP contribution in [0.2, 0.25) is 0 Å². The standard InChI is InChI=1S/C10H18N2O3/c11-7-10(1-2-10)9(14)12-3-4-15-6-8(12)5-13/h8,13H,1-7,11H2. The van der Waals surface area contributed by atoms with Gasteiger partial charge in [-0.05, 0) is 12.8 Å². The van der Waals surface area contributed by atoms with Crippen LogP contribution in [-0.4, -0.2) is 54.9 Å². The number of carbonyl (C=O) groups is 1. The Hall–Kier alpha value is -0.650. The number of morpholine rings is 1. The van der Waals surface area contributed by atoms with E-state index >= 15 is 0 Å². The number of hydrogen-bond acceptors (Lipinski definition) is 4. The maximum atomic E-state index is 12.2. The average molecular weight is 214 g/mol. The molecule has 1 atom stereocenters. The second kappa shape index (κ2) is 4.08. The van der Waals surface area contributed by atoms with Crippen LogP contribution in [0.4, 0.5) is 0 Å². The molecule has 15 heavy (non-hydrogen) atoms. The number of aliphatic hydroxyl groups excluding tert-OH is 1. The van der Waals surface area contributed by atoms with E-state index in [0.717, 1.165) is 12.8 Å². The summed E-state index contributed by atoms with van der Waals surface area (Å²) in [6, 6.07) is -0.185. The molecule has 86 valence electrons. The minimum atomic E-state index is -0.315. The van der Waals surface area contributed by atoms with Crippen molar-refractivity contribution < 1.29 is 14.6 Å². The van der Waals surface area contributed by atoms with Crippen molar-refractivity contribution in [2.24, 2.45) is 11.1 Å². The Balaban J connectivity index is 2.04. The van der Waals surface area contributed by atoms with Crippen molar-refractivity contribution in [1.82, 2.24) is 4.90 Å². The smallest absolute Gasteiger partial charge is 0.230 e. The van der Waals surface area contributed by atoms with Gasteiger partial charge in [-0.1, -0.05) is 0 Å². The number of aliphatic hydroxyl groups is 1. The van der Waals surface area contributed by atoms with Gasteiger partial charge in [0, 0.05) is 13.1 Å². The number of nitrogens with two attached hydrogens (primary N) is 1. The fourth-order valence-electron chi connectivity index (χ4n) is 2.03. The molecule has 3 N–H and O–H groups in total. The summed E-state index contributed by atoms with van der Waals surface area (Å²) >= 11 is 0. The van der Waals surface area contributed by atoms with E-state index < -0.39 is 0 Å². The zero-order valence-electron chi connectivity index (χ0n) is 8.82. The molecule has 0 aromatic rings. The first-order chi connectivity index (χ1) is 7.23. The van der Waals surface area contributed by atoms with Gasteiger partial charge in [0.15, 0.2) is 0 Å². The van der Waals surface area contributed by atoms with E-state index in [4.69, 9.17) is 15.6 Å². The lowest BCUT2D eigenvalue weighted by molar-refractivity contribution is -0.147. The molecule has 1 amide bonds. The minimum Gasteiger partial charge on any atom is -0.394 e. The zero-order chi connectivity index (χ0) is 10.9. The van der Waals surface area contributed by atoms with Gasteiger partial charge in [-0.3, -0.25) is 4.79 Å². The first-order valence-electron chi connectivity index (χ1n) is 5.43. The fraction of sp³-hybridized carbons (Fsp3) is 0.900. The third kappa shape index (κ3) is 1.87. The molecule has 0 aromatic heterocycles. The van der Waals surface area contributed by atoms with E-state index in [-0.39, 0.29) is 24.0 Å². The van der Waals surface area contributed by atoms with Gasteiger partial charge in [0.1, 0.15) is 0 Å². The molecule has 0 spiro atoms. The summed E-state index contributed by atoms with van der Waals surface area (Å²) in [4.78, 5) is 13.9. The highest BCUT2D eigenvalue weighted by molar-refractivity contribution is 5.86. The lowest BCUT2D eigenvalue weighted by atomic mass is 10.0. The number of amides is 1. The lowest BCUT2D eigenvalue weighted by Crippen LogP contribution is -2.53. The molecule has 0 bridgehead atoms. The van der Waals surface area contributed by atoms with Crippen LogP contribution in [0.25, 0.3) is 0 Å². The first kappa shape index (κ1) is 10.9. The Labute approximate surface area is 89.2 Å². The highest BCUT2D eigenvalue weighted by Gasteiger charge is 2.51. The van der Waals surface area contributed by atoms with Crippen LogP contribution in [0.1, 0.15) is 12.8 Å². The van der Waals surface area contributed by atoms with Gasteiger partial charge in [-0.25, -0.2) is 0 Å². The molecule has 1 saturated carbocycles. The highest BCUT2D eigenvalue weighted by atomic mass is 16.5. The summed E-state index contributed by atoms with van der Waals surface area (Å²) in [5.74, 6) is 0.104. The molecule has 1 saturated heterocycles. The molecule has 2 rings (SSSR count). The van der Waals surface area contributed by atoms with E-state index in [1.165, 1.54) is 0 Å². The summed E-state index contributed by atoms with van der Waals surface area (Å²) in [7, 11) is 0. The van der Waals surface area contributed by atoms with Crippen LogP contribution >= 0.6 is 0 Å². The SMILES string of the molecule is NCC1(C(=O)N2CCOCC2CO)CC1. The molecule has 1 aliphatic heterocycles. The monoisotopic (exact) mass is 214 g/mol. The molecule has 5 heteroatoms. The Morgan fingerprint density at radius 3 is 2.87 bits per heavy atom. The molecule has 1 heterocycles. The Bertz CT molecular complexity index is 253. The van der Waals surface area contributed by atoms with Gasteiger partial charge in [0.05, 0.1) is 31.3 Å². The maximum absolute atomic E-state index is 12.2. The highest BCUT2D eigenvalue weighted by Crippen LogP contribution is 2.46. The van der Waals surface area contributed by atoms with E-state index in [9.17, 15) is 4.79 Å². The van der Waals surface area contributed by atoms with Gasteiger partial charge in [0.2, 0.25) is 5.91 Å². The number of nitrogens with zero attached hydrogens (tertiary/aromatic N) is 1. The fourth-order valence-corrected chi connectivity index (χ4v) is 2.03. The third-order valence-corrected chi connectivity index (χ3v) is 3.40. The predicted octanol–water partition coefficient (Wildman–Crippen LogP) is -1.05. The van der Waals surface area contributed by atoms with Crippen molar-refractivity contribution in [3.63, 3.8) is 0 Å². The Kier molecular flexibility index (Phi) is 2.95. The van der Waals surface area contributed by atoms with Crippen LogP contribution in [-0.2, 0) is 9.53 Å². The molecule has 2 fully saturated rings. The molecule has 5 nitrogen and oxygen atoms in total. The topological polar surface area (TPSA) is 75.8 Å². The molecule has 1 unspecified atom stereocenters. The average Bonchev–Trinajstić information content (AvgIpc) is 3.09. The van der Waals surface area contributed by atoms with Crippen molar-refractivity contribution >= 4 is 5.91 Å². The van der Waals surface area contributed by atoms with Crippen LogP contribution in [0.15, 0.2) is 0 Å². The number of carbonyl (C=O) groups excluding carboxylic acids is 1. The number of rotatable bonds is 3. The van der Waals surface area contributed by atoms with Gasteiger partial charge in [-0.15, -0.1) is 0 Å². The summed E-state index contributed by atoms with van der Waals surface area (Å²) in [5, 5.41) is 9.16. The normalized spacial score (nSPS) is 28.9. The van der Waals surface area contributed by atoms with Crippen molar-refractivity contribution in [2.45, 2.75) is 18.9 Å². The molecule has 1 aliphatic carbocycles. The Morgan fingerprint density at radius 1 is 1.60 bits per heavy atom. The van der Waals surface area contributed by atoms with Crippen LogP contribution in [0, 0.1) is 5.41 Å². The first-order valence-corrected chi connectivity index (χ1v) is 5.43. The second-order valence-electron chi connectivity index (χ2n) is 4.39. The van der Waals surface area contributed by atoms with Crippen molar-refractivity contribution in [3.05, 3.63) is 0 Å². The largest absolute Gasteiger partial charge is 0.394 e. The summed E-state index contributed by atoms with van der Waals surface area (Å²) < 4.78 is 5.23.